The molecule has 1 spiro atoms. The van der Waals surface area contributed by atoms with Crippen molar-refractivity contribution in [3.63, 3.8) is 0 Å². The van der Waals surface area contributed by atoms with Gasteiger partial charge in [-0.2, -0.15) is 10.2 Å². The van der Waals surface area contributed by atoms with E-state index in [2.05, 4.69) is 33.4 Å². The number of benzene rings is 1. The van der Waals surface area contributed by atoms with Crippen molar-refractivity contribution in [2.24, 2.45) is 12.5 Å². The molecule has 1 saturated carbocycles. The van der Waals surface area contributed by atoms with Crippen LogP contribution in [0.3, 0.4) is 0 Å². The predicted octanol–water partition coefficient (Wildman–Crippen LogP) is 4.99. The Morgan fingerprint density at radius 1 is 1.18 bits per heavy atom. The summed E-state index contributed by atoms with van der Waals surface area (Å²) >= 11 is 7.01. The standard InChI is InChI=1S/C28H27ClN8O/c1-5-22(38)36-12-28(13-36)8-18(9-28)37-16(3)23(24-19-11-32-33-20(19)6-15(2)25(24)29)26(34-37)17-7-21-27(30-10-17)35(4)14-31-21/h5-7,10-11,14,18H,1,8-9,12-13H2,2-4H3,(H,32,33). The number of H-pyrrole nitrogens is 1. The number of halogens is 1. The molecule has 1 amide bonds. The van der Waals surface area contributed by atoms with E-state index in [-0.39, 0.29) is 17.4 Å². The summed E-state index contributed by atoms with van der Waals surface area (Å²) < 4.78 is 4.06. The van der Waals surface area contributed by atoms with Crippen molar-refractivity contribution in [2.45, 2.75) is 32.7 Å². The lowest BCUT2D eigenvalue weighted by Crippen LogP contribution is -2.63. The van der Waals surface area contributed by atoms with Gasteiger partial charge in [0, 0.05) is 59.5 Å². The summed E-state index contributed by atoms with van der Waals surface area (Å²) in [6.45, 7) is 9.31. The number of hydrogen-bond donors (Lipinski definition) is 1. The molecule has 4 aromatic heterocycles. The molecule has 192 valence electrons. The highest BCUT2D eigenvalue weighted by Crippen LogP contribution is 2.55. The van der Waals surface area contributed by atoms with Crippen molar-refractivity contribution in [1.29, 1.82) is 0 Å². The van der Waals surface area contributed by atoms with Crippen LogP contribution >= 0.6 is 11.6 Å². The number of likely N-dealkylation sites (tertiary alicyclic amines) is 1. The fourth-order valence-corrected chi connectivity index (χ4v) is 6.64. The molecule has 2 fully saturated rings. The van der Waals surface area contributed by atoms with E-state index in [0.717, 1.165) is 81.6 Å². The molecule has 1 aliphatic carbocycles. The summed E-state index contributed by atoms with van der Waals surface area (Å²) in [5.41, 5.74) is 8.40. The van der Waals surface area contributed by atoms with Gasteiger partial charge in [0.2, 0.25) is 5.91 Å². The first-order valence-electron chi connectivity index (χ1n) is 12.7. The third-order valence-electron chi connectivity index (χ3n) is 8.31. The van der Waals surface area contributed by atoms with Crippen LogP contribution in [0.15, 0.2) is 43.5 Å². The summed E-state index contributed by atoms with van der Waals surface area (Å²) in [6.07, 6.45) is 8.82. The molecule has 2 aliphatic rings. The Morgan fingerprint density at radius 3 is 2.74 bits per heavy atom. The van der Waals surface area contributed by atoms with Gasteiger partial charge < -0.3 is 9.47 Å². The number of aromatic amines is 1. The minimum absolute atomic E-state index is 0.00884. The fourth-order valence-electron chi connectivity index (χ4n) is 6.39. The molecule has 0 atom stereocenters. The Labute approximate surface area is 224 Å². The molecule has 9 nitrogen and oxygen atoms in total. The molecular formula is C28H27ClN8O. The summed E-state index contributed by atoms with van der Waals surface area (Å²) in [7, 11) is 1.94. The van der Waals surface area contributed by atoms with E-state index in [4.69, 9.17) is 21.7 Å². The van der Waals surface area contributed by atoms with Gasteiger partial charge in [-0.1, -0.05) is 18.2 Å². The molecule has 1 N–H and O–H groups in total. The Kier molecular flexibility index (Phi) is 4.88. The van der Waals surface area contributed by atoms with Crippen LogP contribution in [-0.4, -0.2) is 58.4 Å². The molecule has 7 rings (SSSR count). The fraction of sp³-hybridized carbons (Fsp3) is 0.321. The van der Waals surface area contributed by atoms with Gasteiger partial charge in [-0.3, -0.25) is 14.6 Å². The lowest BCUT2D eigenvalue weighted by Gasteiger charge is -2.58. The van der Waals surface area contributed by atoms with Crippen LogP contribution < -0.4 is 0 Å². The lowest BCUT2D eigenvalue weighted by molar-refractivity contribution is -0.149. The first kappa shape index (κ1) is 23.2. The second-order valence-corrected chi connectivity index (χ2v) is 11.2. The third-order valence-corrected chi connectivity index (χ3v) is 8.80. The Morgan fingerprint density at radius 2 is 1.97 bits per heavy atom. The molecular weight excluding hydrogens is 500 g/mol. The SMILES string of the molecule is C=CC(=O)N1CC2(CC(n3nc(-c4cnc5c(c4)ncn5C)c(-c4c(Cl)c(C)cc5[nH]ncc45)c3C)C2)C1. The van der Waals surface area contributed by atoms with Crippen molar-refractivity contribution in [1.82, 2.24) is 39.4 Å². The molecule has 0 radical (unpaired) electrons. The topological polar surface area (TPSA) is 97.5 Å². The molecule has 1 aromatic carbocycles. The van der Waals surface area contributed by atoms with Crippen molar-refractivity contribution in [3.05, 3.63) is 59.8 Å². The first-order chi connectivity index (χ1) is 18.3. The Hall–Kier alpha value is -3.98. The van der Waals surface area contributed by atoms with Gasteiger partial charge in [0.15, 0.2) is 5.65 Å². The van der Waals surface area contributed by atoms with E-state index in [9.17, 15) is 4.79 Å². The van der Waals surface area contributed by atoms with Crippen LogP contribution in [0.4, 0.5) is 0 Å². The monoisotopic (exact) mass is 526 g/mol. The van der Waals surface area contributed by atoms with Gasteiger partial charge in [-0.25, -0.2) is 9.97 Å². The van der Waals surface area contributed by atoms with Crippen LogP contribution in [0, 0.1) is 19.3 Å². The predicted molar refractivity (Wildman–Crippen MR) is 147 cm³/mol. The van der Waals surface area contributed by atoms with Gasteiger partial charge in [0.25, 0.3) is 0 Å². The van der Waals surface area contributed by atoms with E-state index in [1.54, 1.807) is 6.33 Å². The van der Waals surface area contributed by atoms with Gasteiger partial charge in [-0.15, -0.1) is 0 Å². The molecule has 0 bridgehead atoms. The van der Waals surface area contributed by atoms with Crippen molar-refractivity contribution in [2.75, 3.05) is 13.1 Å². The molecule has 0 unspecified atom stereocenters. The summed E-state index contributed by atoms with van der Waals surface area (Å²) in [4.78, 5) is 23.1. The first-order valence-corrected chi connectivity index (χ1v) is 13.1. The number of imidazole rings is 1. The number of nitrogens with one attached hydrogen (secondary N) is 1. The zero-order chi connectivity index (χ0) is 26.3. The number of amides is 1. The Balaban J connectivity index is 1.36. The normalized spacial score (nSPS) is 16.8. The van der Waals surface area contributed by atoms with Crippen LogP contribution in [0.25, 0.3) is 44.5 Å². The van der Waals surface area contributed by atoms with E-state index >= 15 is 0 Å². The van der Waals surface area contributed by atoms with E-state index in [1.807, 2.05) is 48.0 Å². The maximum absolute atomic E-state index is 12.0. The van der Waals surface area contributed by atoms with Crippen LogP contribution in [0.2, 0.25) is 5.02 Å². The number of hydrogen-bond acceptors (Lipinski definition) is 5. The largest absolute Gasteiger partial charge is 0.338 e. The molecule has 1 aliphatic heterocycles. The van der Waals surface area contributed by atoms with E-state index in [1.165, 1.54) is 6.08 Å². The van der Waals surface area contributed by atoms with Crippen molar-refractivity contribution in [3.8, 4) is 22.4 Å². The highest BCUT2D eigenvalue weighted by atomic mass is 35.5. The van der Waals surface area contributed by atoms with Crippen LogP contribution in [0.1, 0.15) is 30.1 Å². The third kappa shape index (κ3) is 3.21. The molecule has 10 heteroatoms. The van der Waals surface area contributed by atoms with Gasteiger partial charge in [-0.05, 0) is 50.5 Å². The van der Waals surface area contributed by atoms with Crippen LogP contribution in [-0.2, 0) is 11.8 Å². The zero-order valence-corrected chi connectivity index (χ0v) is 22.2. The number of pyridine rings is 1. The second kappa shape index (κ2) is 8.01. The van der Waals surface area contributed by atoms with Crippen molar-refractivity contribution >= 4 is 39.6 Å². The maximum atomic E-state index is 12.0. The smallest absolute Gasteiger partial charge is 0.245 e. The minimum atomic E-state index is 0.00884. The highest BCUT2D eigenvalue weighted by Gasteiger charge is 2.54. The molecule has 38 heavy (non-hydrogen) atoms. The number of carbonyl (C=O) groups excluding carboxylic acids is 1. The number of fused-ring (bicyclic) bond motifs is 2. The van der Waals surface area contributed by atoms with E-state index < -0.39 is 0 Å². The second-order valence-electron chi connectivity index (χ2n) is 10.8. The minimum Gasteiger partial charge on any atom is -0.338 e. The average molecular weight is 527 g/mol. The van der Waals surface area contributed by atoms with Gasteiger partial charge >= 0.3 is 0 Å². The maximum Gasteiger partial charge on any atom is 0.245 e. The highest BCUT2D eigenvalue weighted by molar-refractivity contribution is 6.36. The number of carbonyl (C=O) groups is 1. The van der Waals surface area contributed by atoms with Gasteiger partial charge in [0.1, 0.15) is 11.2 Å². The lowest BCUT2D eigenvalue weighted by atomic mass is 9.60. The summed E-state index contributed by atoms with van der Waals surface area (Å²) in [6, 6.07) is 4.32. The number of aromatic nitrogens is 7. The zero-order valence-electron chi connectivity index (χ0n) is 21.5. The number of rotatable bonds is 4. The summed E-state index contributed by atoms with van der Waals surface area (Å²) in [5.74, 6) is 0.00884. The molecule has 5 aromatic rings. The van der Waals surface area contributed by atoms with Gasteiger partial charge in [0.05, 0.1) is 29.1 Å². The quantitative estimate of drug-likeness (QED) is 0.332. The Bertz CT molecular complexity index is 1780. The van der Waals surface area contributed by atoms with E-state index in [0.29, 0.717) is 5.02 Å². The molecule has 5 heterocycles. The van der Waals surface area contributed by atoms with Crippen LogP contribution in [0.5, 0.6) is 0 Å². The van der Waals surface area contributed by atoms with Crippen molar-refractivity contribution < 1.29 is 4.79 Å². The summed E-state index contributed by atoms with van der Waals surface area (Å²) in [5, 5.41) is 14.3. The molecule has 1 saturated heterocycles. The number of nitrogens with zero attached hydrogens (tertiary/aromatic N) is 7. The number of aryl methyl sites for hydroxylation is 2. The average Bonchev–Trinajstić information content (AvgIpc) is 3.56.